The monoisotopic (exact) mass is 687 g/mol. The molecular formula is C34H35Cl2N9O3. The fourth-order valence-electron chi connectivity index (χ4n) is 5.55. The Hall–Kier alpha value is -4.62. The van der Waals surface area contributed by atoms with E-state index in [1.54, 1.807) is 26.6 Å². The zero-order valence-corrected chi connectivity index (χ0v) is 28.0. The minimum Gasteiger partial charge on any atom is -0.480 e. The lowest BCUT2D eigenvalue weighted by atomic mass is 9.98. The summed E-state index contributed by atoms with van der Waals surface area (Å²) >= 11 is 14.1. The Morgan fingerprint density at radius 2 is 1.42 bits per heavy atom. The molecule has 1 aliphatic heterocycles. The van der Waals surface area contributed by atoms with Crippen LogP contribution in [0, 0.1) is 0 Å². The fraction of sp³-hybridized carbons (Fsp3) is 0.294. The van der Waals surface area contributed by atoms with E-state index in [1.807, 2.05) is 48.8 Å². The van der Waals surface area contributed by atoms with Crippen LogP contribution in [-0.2, 0) is 24.3 Å². The lowest BCUT2D eigenvalue weighted by molar-refractivity contribution is -0.119. The summed E-state index contributed by atoms with van der Waals surface area (Å²) in [4.78, 5) is 30.2. The fourth-order valence-corrected chi connectivity index (χ4v) is 6.20. The third kappa shape index (κ3) is 7.57. The first-order valence-electron chi connectivity index (χ1n) is 15.5. The molecule has 1 fully saturated rings. The molecular weight excluding hydrogens is 653 g/mol. The molecule has 14 heteroatoms. The van der Waals surface area contributed by atoms with Gasteiger partial charge in [0.2, 0.25) is 17.7 Å². The number of amides is 1. The van der Waals surface area contributed by atoms with E-state index in [0.717, 1.165) is 36.1 Å². The summed E-state index contributed by atoms with van der Waals surface area (Å²) < 4.78 is 11.2. The van der Waals surface area contributed by atoms with Gasteiger partial charge in [-0.3, -0.25) is 19.9 Å². The second kappa shape index (κ2) is 15.5. The minimum atomic E-state index is 0.0837. The Bertz CT molecular complexity index is 1890. The molecule has 4 N–H and O–H groups in total. The largest absolute Gasteiger partial charge is 0.480 e. The Balaban J connectivity index is 1.20. The highest BCUT2D eigenvalue weighted by Gasteiger charge is 2.21. The standard InChI is InChI=1S/C34H35Cl2N9O3/c1-47-33-28(16-37-12-11-20-13-41-42-14-20)39-18-26(44-33)24-7-3-5-22(31(24)35)23-6-4-8-25(32(23)36)27-19-40-29(34(45-27)48-2)17-38-15-21-9-10-30(46)43-21/h3-8,13-14,18-19,21,37-38H,9-12,15-17H2,1-2H3,(H,41,42)(H,43,46)/t21-/m0/s1. The van der Waals surface area contributed by atoms with Crippen LogP contribution < -0.4 is 25.4 Å². The molecule has 0 saturated carbocycles. The molecule has 48 heavy (non-hydrogen) atoms. The second-order valence-corrected chi connectivity index (χ2v) is 12.0. The van der Waals surface area contributed by atoms with Crippen molar-refractivity contribution in [3.63, 3.8) is 0 Å². The van der Waals surface area contributed by atoms with Gasteiger partial charge in [-0.1, -0.05) is 59.6 Å². The first-order chi connectivity index (χ1) is 23.4. The smallest absolute Gasteiger partial charge is 0.237 e. The number of nitrogens with zero attached hydrogens (tertiary/aromatic N) is 5. The van der Waals surface area contributed by atoms with Gasteiger partial charge in [-0.2, -0.15) is 5.10 Å². The van der Waals surface area contributed by atoms with Crippen LogP contribution in [0.1, 0.15) is 29.8 Å². The van der Waals surface area contributed by atoms with Gasteiger partial charge in [0.15, 0.2) is 0 Å². The van der Waals surface area contributed by atoms with Crippen molar-refractivity contribution in [2.24, 2.45) is 0 Å². The molecule has 2 aromatic carbocycles. The maximum Gasteiger partial charge on any atom is 0.237 e. The molecule has 1 saturated heterocycles. The predicted molar refractivity (Wildman–Crippen MR) is 184 cm³/mol. The number of hydrogen-bond donors (Lipinski definition) is 4. The van der Waals surface area contributed by atoms with Gasteiger partial charge < -0.3 is 25.4 Å². The molecule has 1 atom stereocenters. The number of hydrogen-bond acceptors (Lipinski definition) is 10. The number of carbonyl (C=O) groups is 1. The van der Waals surface area contributed by atoms with Gasteiger partial charge in [0, 0.05) is 60.5 Å². The average Bonchev–Trinajstić information content (AvgIpc) is 3.79. The maximum absolute atomic E-state index is 11.5. The Morgan fingerprint density at radius 1 is 0.833 bits per heavy atom. The SMILES string of the molecule is COc1nc(-c2cccc(-c3cccc(-c4cnc(CNC[C@@H]5CCC(=O)N5)c(OC)n4)c3Cl)c2Cl)cnc1CNCCc1cn[nH]c1. The number of halogens is 2. The van der Waals surface area contributed by atoms with Crippen molar-refractivity contribution in [3.8, 4) is 45.4 Å². The van der Waals surface area contributed by atoms with Crippen LogP contribution in [0.5, 0.6) is 11.8 Å². The molecule has 0 radical (unpaired) electrons. The van der Waals surface area contributed by atoms with Crippen molar-refractivity contribution in [2.45, 2.75) is 38.4 Å². The van der Waals surface area contributed by atoms with Gasteiger partial charge in [0.05, 0.1) is 54.2 Å². The van der Waals surface area contributed by atoms with Crippen LogP contribution in [0.2, 0.25) is 10.0 Å². The molecule has 0 aliphatic carbocycles. The van der Waals surface area contributed by atoms with Gasteiger partial charge >= 0.3 is 0 Å². The van der Waals surface area contributed by atoms with Crippen molar-refractivity contribution in [1.82, 2.24) is 46.1 Å². The van der Waals surface area contributed by atoms with Crippen molar-refractivity contribution in [3.05, 3.63) is 88.2 Å². The van der Waals surface area contributed by atoms with Gasteiger partial charge in [-0.15, -0.1) is 0 Å². The van der Waals surface area contributed by atoms with Crippen LogP contribution in [-0.4, -0.2) is 69.4 Å². The summed E-state index contributed by atoms with van der Waals surface area (Å²) in [5.74, 6) is 0.891. The first-order valence-corrected chi connectivity index (χ1v) is 16.3. The molecule has 3 aromatic heterocycles. The third-order valence-electron chi connectivity index (χ3n) is 8.06. The van der Waals surface area contributed by atoms with E-state index in [9.17, 15) is 4.79 Å². The molecule has 0 bridgehead atoms. The number of carbonyl (C=O) groups excluding carboxylic acids is 1. The molecule has 0 spiro atoms. The van der Waals surface area contributed by atoms with E-state index < -0.39 is 0 Å². The predicted octanol–water partition coefficient (Wildman–Crippen LogP) is 5.02. The number of aromatic amines is 1. The summed E-state index contributed by atoms with van der Waals surface area (Å²) in [5, 5.41) is 17.4. The number of methoxy groups -OCH3 is 2. The van der Waals surface area contributed by atoms with E-state index in [1.165, 1.54) is 0 Å². The Kier molecular flexibility index (Phi) is 10.8. The zero-order chi connectivity index (χ0) is 33.5. The van der Waals surface area contributed by atoms with Gasteiger partial charge in [0.25, 0.3) is 0 Å². The number of H-pyrrole nitrogens is 1. The highest BCUT2D eigenvalue weighted by molar-refractivity contribution is 6.39. The van der Waals surface area contributed by atoms with Crippen LogP contribution in [0.15, 0.2) is 61.2 Å². The number of nitrogens with one attached hydrogen (secondary N) is 4. The highest BCUT2D eigenvalue weighted by Crippen LogP contribution is 2.42. The van der Waals surface area contributed by atoms with Crippen molar-refractivity contribution in [1.29, 1.82) is 0 Å². The molecule has 5 aromatic rings. The van der Waals surface area contributed by atoms with E-state index >= 15 is 0 Å². The van der Waals surface area contributed by atoms with Crippen LogP contribution >= 0.6 is 23.2 Å². The first kappa shape index (κ1) is 33.3. The van der Waals surface area contributed by atoms with E-state index in [4.69, 9.17) is 42.6 Å². The van der Waals surface area contributed by atoms with Gasteiger partial charge in [-0.05, 0) is 24.9 Å². The van der Waals surface area contributed by atoms with E-state index in [-0.39, 0.29) is 11.9 Å². The topological polar surface area (TPSA) is 152 Å². The van der Waals surface area contributed by atoms with E-state index in [0.29, 0.717) is 81.8 Å². The lowest BCUT2D eigenvalue weighted by Gasteiger charge is -2.15. The second-order valence-electron chi connectivity index (χ2n) is 11.2. The summed E-state index contributed by atoms with van der Waals surface area (Å²) in [5.41, 5.74) is 6.43. The average molecular weight is 689 g/mol. The summed E-state index contributed by atoms with van der Waals surface area (Å²) in [7, 11) is 3.13. The molecule has 1 aliphatic rings. The molecule has 4 heterocycles. The highest BCUT2D eigenvalue weighted by atomic mass is 35.5. The van der Waals surface area contributed by atoms with Gasteiger partial charge in [0.1, 0.15) is 11.4 Å². The third-order valence-corrected chi connectivity index (χ3v) is 8.87. The molecule has 0 unspecified atom stereocenters. The molecule has 248 valence electrons. The Morgan fingerprint density at radius 3 is 1.94 bits per heavy atom. The van der Waals surface area contributed by atoms with Gasteiger partial charge in [-0.25, -0.2) is 9.97 Å². The number of aromatic nitrogens is 6. The van der Waals surface area contributed by atoms with Crippen LogP contribution in [0.4, 0.5) is 0 Å². The molecule has 12 nitrogen and oxygen atoms in total. The van der Waals surface area contributed by atoms with Crippen molar-refractivity contribution >= 4 is 29.1 Å². The van der Waals surface area contributed by atoms with Crippen molar-refractivity contribution < 1.29 is 14.3 Å². The zero-order valence-electron chi connectivity index (χ0n) is 26.5. The number of ether oxygens (including phenoxy) is 2. The molecule has 6 rings (SSSR count). The number of benzene rings is 2. The summed E-state index contributed by atoms with van der Waals surface area (Å²) in [6.07, 6.45) is 9.27. The minimum absolute atomic E-state index is 0.0837. The quantitative estimate of drug-likeness (QED) is 0.117. The van der Waals surface area contributed by atoms with Crippen molar-refractivity contribution in [2.75, 3.05) is 27.3 Å². The lowest BCUT2D eigenvalue weighted by Crippen LogP contribution is -2.35. The number of rotatable bonds is 14. The Labute approximate surface area is 288 Å². The van der Waals surface area contributed by atoms with E-state index in [2.05, 4.69) is 36.1 Å². The summed E-state index contributed by atoms with van der Waals surface area (Å²) in [6.45, 7) is 2.33. The summed E-state index contributed by atoms with van der Waals surface area (Å²) in [6, 6.07) is 11.5. The van der Waals surface area contributed by atoms with Crippen LogP contribution in [0.3, 0.4) is 0 Å². The normalized spacial score (nSPS) is 14.2. The molecule has 1 amide bonds. The maximum atomic E-state index is 11.5. The van der Waals surface area contributed by atoms with Crippen LogP contribution in [0.25, 0.3) is 33.6 Å².